The van der Waals surface area contributed by atoms with Crippen LogP contribution in [-0.2, 0) is 4.74 Å². The van der Waals surface area contributed by atoms with Gasteiger partial charge in [0.15, 0.2) is 5.96 Å². The fourth-order valence-electron chi connectivity index (χ4n) is 2.13. The first-order valence-corrected chi connectivity index (χ1v) is 8.41. The van der Waals surface area contributed by atoms with Crippen molar-refractivity contribution in [2.75, 3.05) is 54.0 Å². The predicted molar refractivity (Wildman–Crippen MR) is 100 cm³/mol. The van der Waals surface area contributed by atoms with Crippen LogP contribution < -0.4 is 15.4 Å². The summed E-state index contributed by atoms with van der Waals surface area (Å²) in [6, 6.07) is 8.05. The molecule has 1 unspecified atom stereocenters. The Hall–Kier alpha value is -1.79. The lowest BCUT2D eigenvalue weighted by atomic mass is 10.2. The number of para-hydroxylation sites is 1. The van der Waals surface area contributed by atoms with Crippen LogP contribution in [0.4, 0.5) is 0 Å². The van der Waals surface area contributed by atoms with E-state index in [9.17, 15) is 0 Å². The van der Waals surface area contributed by atoms with E-state index >= 15 is 0 Å². The molecule has 0 fully saturated rings. The van der Waals surface area contributed by atoms with E-state index in [-0.39, 0.29) is 6.10 Å². The molecular weight excluding hydrogens is 304 g/mol. The third-order valence-corrected chi connectivity index (χ3v) is 3.67. The van der Waals surface area contributed by atoms with Gasteiger partial charge in [-0.25, -0.2) is 0 Å². The van der Waals surface area contributed by atoms with Gasteiger partial charge in [0, 0.05) is 33.8 Å². The van der Waals surface area contributed by atoms with Crippen LogP contribution in [0.3, 0.4) is 0 Å². The fourth-order valence-corrected chi connectivity index (χ4v) is 2.13. The zero-order valence-electron chi connectivity index (χ0n) is 15.6. The van der Waals surface area contributed by atoms with Crippen molar-refractivity contribution in [2.45, 2.75) is 20.0 Å². The van der Waals surface area contributed by atoms with Crippen LogP contribution in [0.15, 0.2) is 29.3 Å². The molecule has 136 valence electrons. The maximum atomic E-state index is 5.96. The van der Waals surface area contributed by atoms with Crippen LogP contribution in [0.2, 0.25) is 0 Å². The zero-order chi connectivity index (χ0) is 17.8. The molecule has 0 saturated carbocycles. The normalized spacial score (nSPS) is 13.0. The monoisotopic (exact) mass is 336 g/mol. The summed E-state index contributed by atoms with van der Waals surface area (Å²) in [6.07, 6.45) is 0.0500. The lowest BCUT2D eigenvalue weighted by Gasteiger charge is -2.20. The molecule has 0 aromatic heterocycles. The van der Waals surface area contributed by atoms with Crippen LogP contribution in [0.5, 0.6) is 5.75 Å². The van der Waals surface area contributed by atoms with Crippen LogP contribution >= 0.6 is 0 Å². The highest BCUT2D eigenvalue weighted by atomic mass is 16.5. The first-order valence-electron chi connectivity index (χ1n) is 8.41. The van der Waals surface area contributed by atoms with Crippen LogP contribution in [-0.4, -0.2) is 71.0 Å². The molecule has 0 aliphatic carbocycles. The van der Waals surface area contributed by atoms with E-state index < -0.39 is 0 Å². The molecule has 6 heteroatoms. The van der Waals surface area contributed by atoms with Gasteiger partial charge in [-0.1, -0.05) is 18.2 Å². The second kappa shape index (κ2) is 11.7. The van der Waals surface area contributed by atoms with E-state index in [0.717, 1.165) is 43.5 Å². The van der Waals surface area contributed by atoms with E-state index in [4.69, 9.17) is 9.47 Å². The summed E-state index contributed by atoms with van der Waals surface area (Å²) in [6.45, 7) is 8.21. The molecule has 1 aromatic rings. The fraction of sp³-hybridized carbons (Fsp3) is 0.611. The number of aryl methyl sites for hydroxylation is 1. The highest BCUT2D eigenvalue weighted by Gasteiger charge is 2.07. The van der Waals surface area contributed by atoms with E-state index in [0.29, 0.717) is 6.54 Å². The van der Waals surface area contributed by atoms with Gasteiger partial charge >= 0.3 is 0 Å². The smallest absolute Gasteiger partial charge is 0.191 e. The summed E-state index contributed by atoms with van der Waals surface area (Å²) in [5.74, 6) is 1.71. The summed E-state index contributed by atoms with van der Waals surface area (Å²) < 4.78 is 11.0. The predicted octanol–water partition coefficient (Wildman–Crippen LogP) is 1.51. The molecule has 0 aliphatic rings. The first kappa shape index (κ1) is 20.3. The van der Waals surface area contributed by atoms with Crippen molar-refractivity contribution in [1.29, 1.82) is 0 Å². The van der Waals surface area contributed by atoms with Crippen molar-refractivity contribution >= 4 is 5.96 Å². The Morgan fingerprint density at radius 1 is 1.25 bits per heavy atom. The third kappa shape index (κ3) is 8.17. The summed E-state index contributed by atoms with van der Waals surface area (Å²) >= 11 is 0. The minimum Gasteiger partial charge on any atom is -0.489 e. The summed E-state index contributed by atoms with van der Waals surface area (Å²) in [5.41, 5.74) is 1.14. The third-order valence-electron chi connectivity index (χ3n) is 3.67. The number of likely N-dealkylation sites (N-methyl/N-ethyl adjacent to an activating group) is 1. The van der Waals surface area contributed by atoms with Crippen LogP contribution in [0.25, 0.3) is 0 Å². The van der Waals surface area contributed by atoms with E-state index in [1.165, 1.54) is 0 Å². The molecular formula is C18H32N4O2. The molecule has 1 aromatic carbocycles. The second-order valence-corrected chi connectivity index (χ2v) is 5.87. The molecule has 0 bridgehead atoms. The lowest BCUT2D eigenvalue weighted by molar-refractivity contribution is 0.162. The molecule has 0 heterocycles. The van der Waals surface area contributed by atoms with E-state index in [1.807, 2.05) is 25.1 Å². The maximum absolute atomic E-state index is 5.96. The Balaban J connectivity index is 2.27. The minimum absolute atomic E-state index is 0.0500. The van der Waals surface area contributed by atoms with Crippen molar-refractivity contribution in [2.24, 2.45) is 4.99 Å². The quantitative estimate of drug-likeness (QED) is 0.501. The van der Waals surface area contributed by atoms with Crippen molar-refractivity contribution < 1.29 is 9.47 Å². The summed E-state index contributed by atoms with van der Waals surface area (Å²) in [5, 5.41) is 6.60. The average Bonchev–Trinajstić information content (AvgIpc) is 2.58. The number of methoxy groups -OCH3 is 1. The Labute approximate surface area is 146 Å². The van der Waals surface area contributed by atoms with Crippen molar-refractivity contribution in [1.82, 2.24) is 15.5 Å². The molecule has 6 nitrogen and oxygen atoms in total. The van der Waals surface area contributed by atoms with Gasteiger partial charge in [0.2, 0.25) is 0 Å². The van der Waals surface area contributed by atoms with Gasteiger partial charge in [0.1, 0.15) is 11.9 Å². The second-order valence-electron chi connectivity index (χ2n) is 5.87. The number of benzene rings is 1. The minimum atomic E-state index is 0.0500. The number of rotatable bonds is 10. The SMILES string of the molecule is CN=C(NCCN(C)CCOC)NCC(C)Oc1ccccc1C. The topological polar surface area (TPSA) is 58.1 Å². The number of guanidine groups is 1. The molecule has 0 aliphatic heterocycles. The Morgan fingerprint density at radius 3 is 2.67 bits per heavy atom. The largest absolute Gasteiger partial charge is 0.489 e. The van der Waals surface area contributed by atoms with Crippen LogP contribution in [0.1, 0.15) is 12.5 Å². The number of nitrogens with zero attached hydrogens (tertiary/aromatic N) is 2. The van der Waals surface area contributed by atoms with Crippen LogP contribution in [0, 0.1) is 6.92 Å². The van der Waals surface area contributed by atoms with Crippen molar-refractivity contribution in [3.05, 3.63) is 29.8 Å². The number of hydrogen-bond acceptors (Lipinski definition) is 4. The van der Waals surface area contributed by atoms with Gasteiger partial charge in [-0.2, -0.15) is 0 Å². The molecule has 0 saturated heterocycles. The van der Waals surface area contributed by atoms with Gasteiger partial charge in [-0.15, -0.1) is 0 Å². The van der Waals surface area contributed by atoms with Crippen molar-refractivity contribution in [3.8, 4) is 5.75 Å². The Morgan fingerprint density at radius 2 is 2.00 bits per heavy atom. The number of hydrogen-bond donors (Lipinski definition) is 2. The van der Waals surface area contributed by atoms with E-state index in [2.05, 4.69) is 40.6 Å². The maximum Gasteiger partial charge on any atom is 0.191 e. The Kier molecular flexibility index (Phi) is 9.88. The van der Waals surface area contributed by atoms with Gasteiger partial charge in [0.05, 0.1) is 13.2 Å². The molecule has 24 heavy (non-hydrogen) atoms. The van der Waals surface area contributed by atoms with Crippen molar-refractivity contribution in [3.63, 3.8) is 0 Å². The Bertz CT molecular complexity index is 494. The number of nitrogens with one attached hydrogen (secondary N) is 2. The van der Waals surface area contributed by atoms with Gasteiger partial charge in [0.25, 0.3) is 0 Å². The molecule has 1 atom stereocenters. The zero-order valence-corrected chi connectivity index (χ0v) is 15.6. The highest BCUT2D eigenvalue weighted by molar-refractivity contribution is 5.79. The average molecular weight is 336 g/mol. The number of ether oxygens (including phenoxy) is 2. The molecule has 0 spiro atoms. The first-order chi connectivity index (χ1) is 11.6. The molecule has 2 N–H and O–H groups in total. The lowest BCUT2D eigenvalue weighted by Crippen LogP contribution is -2.44. The summed E-state index contributed by atoms with van der Waals surface area (Å²) in [4.78, 5) is 6.46. The highest BCUT2D eigenvalue weighted by Crippen LogP contribution is 2.17. The van der Waals surface area contributed by atoms with Gasteiger partial charge in [-0.3, -0.25) is 4.99 Å². The molecule has 0 radical (unpaired) electrons. The number of aliphatic imine (C=N–C) groups is 1. The van der Waals surface area contributed by atoms with E-state index in [1.54, 1.807) is 14.2 Å². The molecule has 1 rings (SSSR count). The molecule has 0 amide bonds. The standard InChI is InChI=1S/C18H32N4O2/c1-15-8-6-7-9-17(15)24-16(2)14-21-18(19-3)20-10-11-22(4)12-13-23-5/h6-9,16H,10-14H2,1-5H3,(H2,19,20,21). The van der Waals surface area contributed by atoms with Gasteiger partial charge < -0.3 is 25.0 Å². The van der Waals surface area contributed by atoms with Gasteiger partial charge in [-0.05, 0) is 32.5 Å². The summed E-state index contributed by atoms with van der Waals surface area (Å²) in [7, 11) is 5.57.